The smallest absolute Gasteiger partial charge is 0.251 e. The molecular weight excluding hydrogens is 454 g/mol. The van der Waals surface area contributed by atoms with Gasteiger partial charge in [0.2, 0.25) is 0 Å². The third-order valence-corrected chi connectivity index (χ3v) is 6.68. The van der Waals surface area contributed by atoms with E-state index in [-0.39, 0.29) is 5.91 Å². The molecule has 0 unspecified atom stereocenters. The Morgan fingerprint density at radius 3 is 2.46 bits per heavy atom. The molecule has 0 aliphatic rings. The fraction of sp³-hybridized carbons (Fsp3) is 0.0690. The second-order valence-corrected chi connectivity index (χ2v) is 8.87. The van der Waals surface area contributed by atoms with Gasteiger partial charge in [-0.05, 0) is 53.1 Å². The van der Waals surface area contributed by atoms with Crippen LogP contribution in [-0.2, 0) is 6.54 Å². The predicted octanol–water partition coefficient (Wildman–Crippen LogP) is 6.16. The minimum atomic E-state index is -0.169. The van der Waals surface area contributed by atoms with E-state index in [0.717, 1.165) is 38.5 Å². The number of aldehydes is 1. The highest BCUT2D eigenvalue weighted by Crippen LogP contribution is 2.35. The molecule has 1 amide bonds. The summed E-state index contributed by atoms with van der Waals surface area (Å²) in [6.07, 6.45) is 0.846. The summed E-state index contributed by atoms with van der Waals surface area (Å²) in [7, 11) is 1.81. The molecule has 35 heavy (non-hydrogen) atoms. The molecule has 0 aliphatic heterocycles. The Balaban J connectivity index is 1.42. The zero-order chi connectivity index (χ0) is 24.6. The first kappa shape index (κ1) is 23.8. The van der Waals surface area contributed by atoms with Crippen LogP contribution in [0, 0.1) is 11.3 Å². The topological polar surface area (TPSA) is 82.0 Å². The highest BCUT2D eigenvalue weighted by atomic mass is 32.2. The van der Waals surface area contributed by atoms with E-state index in [1.54, 1.807) is 25.2 Å². The maximum atomic E-state index is 12.8. The minimum absolute atomic E-state index is 0.169. The van der Waals surface area contributed by atoms with Crippen LogP contribution in [0.4, 0.5) is 5.69 Å². The van der Waals surface area contributed by atoms with E-state index in [4.69, 9.17) is 5.26 Å². The zero-order valence-electron chi connectivity index (χ0n) is 19.1. The third-order valence-electron chi connectivity index (χ3n) is 5.51. The lowest BCUT2D eigenvalue weighted by Crippen LogP contribution is -2.22. The molecule has 0 saturated carbocycles. The van der Waals surface area contributed by atoms with Crippen LogP contribution < -0.4 is 10.6 Å². The van der Waals surface area contributed by atoms with Gasteiger partial charge in [0, 0.05) is 40.2 Å². The standard InChI is InChI=1S/C29H23N3O2S/c1-31-26-16-24(13-14-28(26)35-27-8-3-2-6-25(27)19-33)29(34)32-18-20-9-11-22(12-10-20)23-7-4-5-21(15-23)17-30/h2-16,19,31H,18H2,1H3,(H,32,34). The molecule has 0 heterocycles. The average Bonchev–Trinajstić information content (AvgIpc) is 2.92. The number of hydrogen-bond acceptors (Lipinski definition) is 5. The fourth-order valence-corrected chi connectivity index (χ4v) is 4.64. The monoisotopic (exact) mass is 477 g/mol. The van der Waals surface area contributed by atoms with Gasteiger partial charge in [0.05, 0.1) is 11.6 Å². The average molecular weight is 478 g/mol. The Bertz CT molecular complexity index is 1410. The summed E-state index contributed by atoms with van der Waals surface area (Å²) < 4.78 is 0. The highest BCUT2D eigenvalue weighted by Gasteiger charge is 2.12. The van der Waals surface area contributed by atoms with Crippen LogP contribution >= 0.6 is 11.8 Å². The van der Waals surface area contributed by atoms with Gasteiger partial charge in [0.15, 0.2) is 6.29 Å². The number of carbonyl (C=O) groups is 2. The van der Waals surface area contributed by atoms with E-state index < -0.39 is 0 Å². The lowest BCUT2D eigenvalue weighted by atomic mass is 10.0. The van der Waals surface area contributed by atoms with Crippen molar-refractivity contribution in [1.29, 1.82) is 5.26 Å². The minimum Gasteiger partial charge on any atom is -0.387 e. The Morgan fingerprint density at radius 2 is 1.71 bits per heavy atom. The van der Waals surface area contributed by atoms with Crippen LogP contribution in [0.3, 0.4) is 0 Å². The van der Waals surface area contributed by atoms with Gasteiger partial charge in [0.1, 0.15) is 0 Å². The van der Waals surface area contributed by atoms with Gasteiger partial charge in [-0.1, -0.05) is 66.4 Å². The predicted molar refractivity (Wildman–Crippen MR) is 140 cm³/mol. The zero-order valence-corrected chi connectivity index (χ0v) is 19.9. The number of nitriles is 1. The van der Waals surface area contributed by atoms with E-state index >= 15 is 0 Å². The molecular formula is C29H23N3O2S. The number of carbonyl (C=O) groups excluding carboxylic acids is 2. The Morgan fingerprint density at radius 1 is 0.914 bits per heavy atom. The molecule has 0 radical (unpaired) electrons. The van der Waals surface area contributed by atoms with Gasteiger partial charge in [-0.3, -0.25) is 9.59 Å². The van der Waals surface area contributed by atoms with Crippen molar-refractivity contribution >= 4 is 29.6 Å². The molecule has 0 aromatic heterocycles. The number of anilines is 1. The summed E-state index contributed by atoms with van der Waals surface area (Å²) in [6, 6.07) is 30.4. The normalized spacial score (nSPS) is 10.3. The van der Waals surface area contributed by atoms with Crippen molar-refractivity contribution in [2.24, 2.45) is 0 Å². The first-order chi connectivity index (χ1) is 17.1. The molecule has 6 heteroatoms. The van der Waals surface area contributed by atoms with Crippen LogP contribution in [-0.4, -0.2) is 19.2 Å². The van der Waals surface area contributed by atoms with Crippen LogP contribution in [0.25, 0.3) is 11.1 Å². The molecule has 0 saturated heterocycles. The molecule has 2 N–H and O–H groups in total. The first-order valence-corrected chi connectivity index (χ1v) is 11.8. The summed E-state index contributed by atoms with van der Waals surface area (Å²) in [5.41, 5.74) is 5.58. The number of nitrogens with one attached hydrogen (secondary N) is 2. The molecule has 0 fully saturated rings. The van der Waals surface area contributed by atoms with E-state index in [0.29, 0.717) is 23.2 Å². The Kier molecular flexibility index (Phi) is 7.61. The van der Waals surface area contributed by atoms with Crippen LogP contribution in [0.15, 0.2) is 101 Å². The van der Waals surface area contributed by atoms with Crippen molar-refractivity contribution in [3.05, 3.63) is 113 Å². The molecule has 0 atom stereocenters. The van der Waals surface area contributed by atoms with Crippen molar-refractivity contribution in [1.82, 2.24) is 5.32 Å². The summed E-state index contributed by atoms with van der Waals surface area (Å²) in [4.78, 5) is 25.9. The molecule has 172 valence electrons. The molecule has 0 spiro atoms. The summed E-state index contributed by atoms with van der Waals surface area (Å²) in [6.45, 7) is 0.398. The highest BCUT2D eigenvalue weighted by molar-refractivity contribution is 7.99. The van der Waals surface area contributed by atoms with E-state index in [2.05, 4.69) is 16.7 Å². The van der Waals surface area contributed by atoms with E-state index in [1.807, 2.05) is 72.8 Å². The maximum Gasteiger partial charge on any atom is 0.251 e. The molecule has 4 rings (SSSR count). The maximum absolute atomic E-state index is 12.8. The van der Waals surface area contributed by atoms with E-state index in [1.165, 1.54) is 11.8 Å². The SMILES string of the molecule is CNc1cc(C(=O)NCc2ccc(-c3cccc(C#N)c3)cc2)ccc1Sc1ccccc1C=O. The molecule has 0 aliphatic carbocycles. The summed E-state index contributed by atoms with van der Waals surface area (Å²) in [5.74, 6) is -0.169. The van der Waals surface area contributed by atoms with Gasteiger partial charge in [-0.15, -0.1) is 0 Å². The lowest BCUT2D eigenvalue weighted by Gasteiger charge is -2.12. The van der Waals surface area contributed by atoms with Gasteiger partial charge in [0.25, 0.3) is 5.91 Å². The van der Waals surface area contributed by atoms with E-state index in [9.17, 15) is 9.59 Å². The molecule has 4 aromatic rings. The van der Waals surface area contributed by atoms with Crippen LogP contribution in [0.2, 0.25) is 0 Å². The van der Waals surface area contributed by atoms with Crippen LogP contribution in [0.1, 0.15) is 31.8 Å². The molecule has 0 bridgehead atoms. The third kappa shape index (κ3) is 5.78. The second-order valence-electron chi connectivity index (χ2n) is 7.79. The number of nitrogens with zero attached hydrogens (tertiary/aromatic N) is 1. The van der Waals surface area contributed by atoms with Gasteiger partial charge >= 0.3 is 0 Å². The van der Waals surface area contributed by atoms with Crippen molar-refractivity contribution in [3.63, 3.8) is 0 Å². The first-order valence-electron chi connectivity index (χ1n) is 11.0. The Labute approximate surface area is 208 Å². The van der Waals surface area contributed by atoms with Crippen molar-refractivity contribution in [2.75, 3.05) is 12.4 Å². The summed E-state index contributed by atoms with van der Waals surface area (Å²) in [5, 5.41) is 15.2. The Hall–Kier alpha value is -4.34. The summed E-state index contributed by atoms with van der Waals surface area (Å²) >= 11 is 1.48. The number of amides is 1. The van der Waals surface area contributed by atoms with Crippen molar-refractivity contribution < 1.29 is 9.59 Å². The lowest BCUT2D eigenvalue weighted by molar-refractivity contribution is 0.0950. The number of benzene rings is 4. The molecule has 5 nitrogen and oxygen atoms in total. The fourth-order valence-electron chi connectivity index (χ4n) is 3.61. The van der Waals surface area contributed by atoms with Crippen molar-refractivity contribution in [2.45, 2.75) is 16.3 Å². The van der Waals surface area contributed by atoms with Crippen molar-refractivity contribution in [3.8, 4) is 17.2 Å². The van der Waals surface area contributed by atoms with Gasteiger partial charge < -0.3 is 10.6 Å². The number of hydrogen-bond donors (Lipinski definition) is 2. The molecule has 4 aromatic carbocycles. The number of rotatable bonds is 8. The second kappa shape index (κ2) is 11.2. The quantitative estimate of drug-likeness (QED) is 0.297. The van der Waals surface area contributed by atoms with Crippen LogP contribution in [0.5, 0.6) is 0 Å². The largest absolute Gasteiger partial charge is 0.387 e. The van der Waals surface area contributed by atoms with Gasteiger partial charge in [-0.2, -0.15) is 5.26 Å². The van der Waals surface area contributed by atoms with Gasteiger partial charge in [-0.25, -0.2) is 0 Å².